The maximum Gasteiger partial charge on any atom is 0.179 e. The second-order valence-corrected chi connectivity index (χ2v) is 3.84. The van der Waals surface area contributed by atoms with Crippen LogP contribution in [-0.2, 0) is 0 Å². The molecule has 0 aromatic carbocycles. The van der Waals surface area contributed by atoms with Crippen LogP contribution < -0.4 is 9.47 Å². The van der Waals surface area contributed by atoms with Gasteiger partial charge in [0.05, 0.1) is 4.88 Å². The minimum atomic E-state index is 0.643. The van der Waals surface area contributed by atoms with Crippen LogP contribution in [0.5, 0.6) is 11.5 Å². The van der Waals surface area contributed by atoms with Crippen molar-refractivity contribution in [3.8, 4) is 11.5 Å². The van der Waals surface area contributed by atoms with Gasteiger partial charge < -0.3 is 9.47 Å². The zero-order valence-corrected chi connectivity index (χ0v) is 7.74. The Morgan fingerprint density at radius 3 is 2.67 bits per heavy atom. The van der Waals surface area contributed by atoms with Crippen molar-refractivity contribution in [2.24, 2.45) is 0 Å². The monoisotopic (exact) mass is 182 g/mol. The molecular weight excluding hydrogens is 172 g/mol. The van der Waals surface area contributed by atoms with E-state index in [1.54, 1.807) is 11.3 Å². The number of fused-ring (bicyclic) bond motifs is 1. The molecule has 64 valence electrons. The van der Waals surface area contributed by atoms with Gasteiger partial charge in [-0.15, -0.1) is 11.3 Å². The van der Waals surface area contributed by atoms with Crippen molar-refractivity contribution in [2.75, 3.05) is 13.2 Å². The summed E-state index contributed by atoms with van der Waals surface area (Å²) in [6, 6.07) is 0. The quantitative estimate of drug-likeness (QED) is 0.664. The van der Waals surface area contributed by atoms with Gasteiger partial charge in [-0.1, -0.05) is 6.58 Å². The summed E-state index contributed by atoms with van der Waals surface area (Å²) < 4.78 is 11.0. The number of ether oxygens (including phenoxy) is 2. The highest BCUT2D eigenvalue weighted by atomic mass is 32.1. The summed E-state index contributed by atoms with van der Waals surface area (Å²) in [4.78, 5) is 2.24. The molecule has 1 aliphatic rings. The SMILES string of the molecule is C=Cc1sc(C)c2c1OCCO2. The van der Waals surface area contributed by atoms with E-state index in [0.29, 0.717) is 13.2 Å². The summed E-state index contributed by atoms with van der Waals surface area (Å²) in [6.07, 6.45) is 1.81. The molecule has 0 bridgehead atoms. The van der Waals surface area contributed by atoms with Crippen LogP contribution >= 0.6 is 11.3 Å². The molecule has 0 saturated heterocycles. The molecule has 0 amide bonds. The predicted octanol–water partition coefficient (Wildman–Crippen LogP) is 2.47. The van der Waals surface area contributed by atoms with E-state index < -0.39 is 0 Å². The predicted molar refractivity (Wildman–Crippen MR) is 50.1 cm³/mol. The van der Waals surface area contributed by atoms with Crippen LogP contribution in [0.3, 0.4) is 0 Å². The van der Waals surface area contributed by atoms with Gasteiger partial charge in [-0.05, 0) is 13.0 Å². The van der Waals surface area contributed by atoms with Crippen LogP contribution in [0.25, 0.3) is 6.08 Å². The fourth-order valence-electron chi connectivity index (χ4n) is 1.26. The molecule has 12 heavy (non-hydrogen) atoms. The average Bonchev–Trinajstić information content (AvgIpc) is 2.44. The van der Waals surface area contributed by atoms with E-state index in [2.05, 4.69) is 6.58 Å². The Morgan fingerprint density at radius 1 is 1.33 bits per heavy atom. The van der Waals surface area contributed by atoms with Crippen LogP contribution in [0.2, 0.25) is 0 Å². The smallest absolute Gasteiger partial charge is 0.179 e. The molecule has 0 N–H and O–H groups in total. The number of rotatable bonds is 1. The zero-order valence-electron chi connectivity index (χ0n) is 6.92. The number of aryl methyl sites for hydroxylation is 1. The fourth-order valence-corrected chi connectivity index (χ4v) is 2.16. The van der Waals surface area contributed by atoms with Gasteiger partial charge in [-0.3, -0.25) is 0 Å². The summed E-state index contributed by atoms with van der Waals surface area (Å²) in [7, 11) is 0. The van der Waals surface area contributed by atoms with Gasteiger partial charge in [0.25, 0.3) is 0 Å². The van der Waals surface area contributed by atoms with Crippen molar-refractivity contribution in [1.29, 1.82) is 0 Å². The third-order valence-electron chi connectivity index (χ3n) is 1.77. The summed E-state index contributed by atoms with van der Waals surface area (Å²) in [5, 5.41) is 0. The van der Waals surface area contributed by atoms with Crippen LogP contribution in [0, 0.1) is 6.92 Å². The molecule has 3 heteroatoms. The van der Waals surface area contributed by atoms with Gasteiger partial charge >= 0.3 is 0 Å². The lowest BCUT2D eigenvalue weighted by Gasteiger charge is -2.15. The Kier molecular flexibility index (Phi) is 1.81. The normalized spacial score (nSPS) is 14.4. The molecule has 0 fully saturated rings. The maximum absolute atomic E-state index is 5.48. The molecule has 1 aromatic rings. The van der Waals surface area contributed by atoms with Crippen molar-refractivity contribution >= 4 is 17.4 Å². The van der Waals surface area contributed by atoms with Crippen molar-refractivity contribution in [3.63, 3.8) is 0 Å². The van der Waals surface area contributed by atoms with Crippen molar-refractivity contribution < 1.29 is 9.47 Å². The van der Waals surface area contributed by atoms with Crippen molar-refractivity contribution in [1.82, 2.24) is 0 Å². The second-order valence-electron chi connectivity index (χ2n) is 2.58. The molecule has 2 heterocycles. The topological polar surface area (TPSA) is 18.5 Å². The highest BCUT2D eigenvalue weighted by Crippen LogP contribution is 2.43. The van der Waals surface area contributed by atoms with Crippen LogP contribution in [0.15, 0.2) is 6.58 Å². The summed E-state index contributed by atoms with van der Waals surface area (Å²) >= 11 is 1.66. The van der Waals surface area contributed by atoms with Crippen LogP contribution in [0.1, 0.15) is 9.75 Å². The molecule has 0 spiro atoms. The lowest BCUT2D eigenvalue weighted by molar-refractivity contribution is 0.172. The van der Waals surface area contributed by atoms with Crippen molar-refractivity contribution in [3.05, 3.63) is 16.3 Å². The minimum absolute atomic E-state index is 0.643. The van der Waals surface area contributed by atoms with Gasteiger partial charge in [-0.2, -0.15) is 0 Å². The van der Waals surface area contributed by atoms with Gasteiger partial charge in [-0.25, -0.2) is 0 Å². The average molecular weight is 182 g/mol. The summed E-state index contributed by atoms with van der Waals surface area (Å²) in [5.74, 6) is 1.78. The van der Waals surface area contributed by atoms with E-state index in [-0.39, 0.29) is 0 Å². The third-order valence-corrected chi connectivity index (χ3v) is 2.84. The molecule has 2 rings (SSSR count). The first-order chi connectivity index (χ1) is 5.83. The van der Waals surface area contributed by atoms with Crippen LogP contribution in [-0.4, -0.2) is 13.2 Å². The molecule has 1 aromatic heterocycles. The van der Waals surface area contributed by atoms with Gasteiger partial charge in [0, 0.05) is 4.88 Å². The van der Waals surface area contributed by atoms with E-state index in [9.17, 15) is 0 Å². The number of hydrogen-bond donors (Lipinski definition) is 0. The van der Waals surface area contributed by atoms with Gasteiger partial charge in [0.2, 0.25) is 0 Å². The first-order valence-electron chi connectivity index (χ1n) is 3.84. The Balaban J connectivity index is 2.53. The lowest BCUT2D eigenvalue weighted by Crippen LogP contribution is -2.14. The van der Waals surface area contributed by atoms with Gasteiger partial charge in [0.15, 0.2) is 11.5 Å². The Labute approximate surface area is 75.4 Å². The lowest BCUT2D eigenvalue weighted by atomic mass is 10.3. The molecule has 0 atom stereocenters. The number of thiophene rings is 1. The molecular formula is C9H10O2S. The van der Waals surface area contributed by atoms with E-state index >= 15 is 0 Å². The van der Waals surface area contributed by atoms with E-state index in [1.807, 2.05) is 13.0 Å². The molecule has 0 unspecified atom stereocenters. The van der Waals surface area contributed by atoms with Crippen molar-refractivity contribution in [2.45, 2.75) is 6.92 Å². The molecule has 0 radical (unpaired) electrons. The number of hydrogen-bond acceptors (Lipinski definition) is 3. The van der Waals surface area contributed by atoms with Crippen LogP contribution in [0.4, 0.5) is 0 Å². The Morgan fingerprint density at radius 2 is 2.00 bits per heavy atom. The molecule has 0 saturated carbocycles. The minimum Gasteiger partial charge on any atom is -0.485 e. The zero-order chi connectivity index (χ0) is 8.55. The standard InChI is InChI=1S/C9H10O2S/c1-3-7-9-8(6(2)12-7)10-4-5-11-9/h3H,1,4-5H2,2H3. The highest BCUT2D eigenvalue weighted by Gasteiger charge is 2.19. The second kappa shape index (κ2) is 2.83. The highest BCUT2D eigenvalue weighted by molar-refractivity contribution is 7.13. The third kappa shape index (κ3) is 1.01. The van der Waals surface area contributed by atoms with E-state index in [0.717, 1.165) is 16.4 Å². The molecule has 1 aliphatic heterocycles. The summed E-state index contributed by atoms with van der Waals surface area (Å²) in [6.45, 7) is 7.06. The summed E-state index contributed by atoms with van der Waals surface area (Å²) in [5.41, 5.74) is 0. The maximum atomic E-state index is 5.48. The van der Waals surface area contributed by atoms with E-state index in [1.165, 1.54) is 4.88 Å². The molecule has 2 nitrogen and oxygen atoms in total. The Hall–Kier alpha value is -0.960. The fraction of sp³-hybridized carbons (Fsp3) is 0.333. The first kappa shape index (κ1) is 7.68. The Bertz CT molecular complexity index is 315. The van der Waals surface area contributed by atoms with E-state index in [4.69, 9.17) is 9.47 Å². The molecule has 0 aliphatic carbocycles. The largest absolute Gasteiger partial charge is 0.485 e. The van der Waals surface area contributed by atoms with Gasteiger partial charge in [0.1, 0.15) is 13.2 Å². The first-order valence-corrected chi connectivity index (χ1v) is 4.66.